The maximum atomic E-state index is 16.5. The molecular weight excluding hydrogens is 1210 g/mol. The Morgan fingerprint density at radius 3 is 2.08 bits per heavy atom. The Kier molecular flexibility index (Phi) is 20.8. The van der Waals surface area contributed by atoms with Gasteiger partial charge < -0.3 is 76.9 Å². The predicted octanol–water partition coefficient (Wildman–Crippen LogP) is 2.68. The molecule has 3 saturated heterocycles. The van der Waals surface area contributed by atoms with E-state index >= 15 is 4.39 Å². The minimum absolute atomic E-state index is 0.00485. The van der Waals surface area contributed by atoms with Gasteiger partial charge in [-0.25, -0.2) is 53.2 Å². The van der Waals surface area contributed by atoms with Crippen LogP contribution in [0.2, 0.25) is 0 Å². The number of nitrogens with zero attached hydrogens (tertiary/aromatic N) is 8. The van der Waals surface area contributed by atoms with Crippen molar-refractivity contribution in [1.29, 1.82) is 0 Å². The highest BCUT2D eigenvalue weighted by molar-refractivity contribution is 8.44. The number of fused-ring (bicyclic) bond motifs is 4. The number of nitrogens with one attached hydrogen (secondary N) is 5. The number of alkyl carbamates (subject to hydrolysis) is 1. The fraction of sp³-hybridized carbons (Fsp3) is 0.532. The van der Waals surface area contributed by atoms with Gasteiger partial charge in [0.2, 0.25) is 17.7 Å². The van der Waals surface area contributed by atoms with Crippen molar-refractivity contribution in [2.75, 3.05) is 36.5 Å². The van der Waals surface area contributed by atoms with Crippen LogP contribution in [-0.4, -0.2) is 161 Å². The molecule has 0 bridgehead atoms. The van der Waals surface area contributed by atoms with Crippen molar-refractivity contribution >= 4 is 113 Å². The van der Waals surface area contributed by atoms with Gasteiger partial charge in [0.05, 0.1) is 31.9 Å². The molecule has 85 heavy (non-hydrogen) atoms. The second-order valence-electron chi connectivity index (χ2n) is 19.9. The first kappa shape index (κ1) is 64.0. The zero-order valence-corrected chi connectivity index (χ0v) is 49.5. The highest BCUT2D eigenvalue weighted by atomic mass is 32.7. The number of aromatic nitrogens is 8. The van der Waals surface area contributed by atoms with Crippen molar-refractivity contribution in [3.8, 4) is 0 Å². The minimum atomic E-state index is -4.60. The SMILES string of the molecule is CCC(=O)N[C@H](C(=O)N[C@@H](CCCNC(N)=O)C(=O)Nc1ccc(COC(=O)N[C@@H](C)[C@H](C)OC(=O)O[C@@H]2[C@@H]3OP(O)(=S)OC[C@H]4O[C@@H](n5cnc6c(N)ncnc65)[C@H](F)[C@@H]4OP(=O)(S)OC[C@H]3O[C@H]2n2cnc3c(N)ncnc32)cc1)C(C)C. The molecule has 7 heterocycles. The van der Waals surface area contributed by atoms with Gasteiger partial charge in [-0.15, -0.1) is 0 Å². The number of nitrogens with two attached hydrogens (primary N) is 3. The number of halogens is 1. The maximum Gasteiger partial charge on any atom is 0.509 e. The topological polar surface area (TPSA) is 448 Å². The van der Waals surface area contributed by atoms with E-state index in [0.29, 0.717) is 11.3 Å². The highest BCUT2D eigenvalue weighted by Crippen LogP contribution is 2.59. The lowest BCUT2D eigenvalue weighted by Crippen LogP contribution is -2.54. The van der Waals surface area contributed by atoms with Crippen LogP contribution in [0, 0.1) is 5.92 Å². The number of primary amides is 1. The molecule has 0 radical (unpaired) electrons. The van der Waals surface area contributed by atoms with Crippen molar-refractivity contribution < 1.29 is 84.4 Å². The van der Waals surface area contributed by atoms with Gasteiger partial charge in [-0.1, -0.05) is 45.2 Å². The van der Waals surface area contributed by atoms with E-state index in [-0.39, 0.29) is 78.2 Å². The lowest BCUT2D eigenvalue weighted by atomic mass is 10.0. The number of rotatable bonds is 19. The van der Waals surface area contributed by atoms with Crippen LogP contribution in [0.25, 0.3) is 22.3 Å². The van der Waals surface area contributed by atoms with Crippen molar-refractivity contribution in [2.24, 2.45) is 11.7 Å². The van der Waals surface area contributed by atoms with E-state index in [9.17, 15) is 38.2 Å². The molecule has 0 saturated carbocycles. The molecule has 3 fully saturated rings. The zero-order valence-electron chi connectivity index (χ0n) is 46.0. The quantitative estimate of drug-likeness (QED) is 0.0246. The summed E-state index contributed by atoms with van der Waals surface area (Å²) in [5, 5.41) is 13.1. The van der Waals surface area contributed by atoms with Crippen molar-refractivity contribution in [1.82, 2.24) is 60.3 Å². The Bertz CT molecular complexity index is 3360. The van der Waals surface area contributed by atoms with Crippen LogP contribution in [0.3, 0.4) is 0 Å². The number of nitrogen functional groups attached to an aromatic ring is 2. The molecule has 462 valence electrons. The molecule has 12 N–H and O–H groups in total. The number of carbonyl (C=O) groups is 6. The van der Waals surface area contributed by atoms with E-state index in [2.05, 4.69) is 68.7 Å². The highest BCUT2D eigenvalue weighted by Gasteiger charge is 2.55. The molecule has 8 rings (SSSR count). The van der Waals surface area contributed by atoms with Crippen LogP contribution < -0.4 is 43.8 Å². The van der Waals surface area contributed by atoms with Gasteiger partial charge in [-0.2, -0.15) is 0 Å². The van der Waals surface area contributed by atoms with Crippen molar-refractivity contribution in [3.05, 3.63) is 55.1 Å². The Morgan fingerprint density at radius 2 is 1.46 bits per heavy atom. The Hall–Kier alpha value is -6.98. The first-order chi connectivity index (χ1) is 40.3. The molecule has 5 aromatic rings. The standard InChI is InChI=1S/C47H63FN16O17P2S2/c1-6-29(65)62-31(21(2)3)42(67)61-26(8-7-13-52-45(51)68)41(66)60-25-11-9-24(10-12-25)14-73-46(69)59-22(4)23(5)76-47(70)79-36-35-28(78-44(36)64-20-58-33-38(50)54-18-56-40(33)64)16-75-82(71,84)80-34-27(15-74-83(72,85)81-35)77-43(30(34)48)63-19-57-32-37(49)53-17-55-39(32)63/h9-12,17-23,26-28,30-31,34-36,43-44H,6-8,13-16H2,1-5H3,(H,59,69)(H,60,66)(H,61,67)(H,62,65)(H,71,84)(H,72,85)(H2,49,53,55)(H2,50,54,56)(H3,51,52,68)/t22-,23-,26-,27+,28+,30+,31-,34+,35+,36+,43+,44+,82?,83?/m0/s1. The van der Waals surface area contributed by atoms with Crippen LogP contribution >= 0.6 is 25.8 Å². The third-order valence-corrected chi connectivity index (χ3v) is 16.7. The van der Waals surface area contributed by atoms with Gasteiger partial charge in [0.1, 0.15) is 72.9 Å². The summed E-state index contributed by atoms with van der Waals surface area (Å²) in [5.41, 5.74) is 18.4. The van der Waals surface area contributed by atoms with Gasteiger partial charge in [0, 0.05) is 18.7 Å². The fourth-order valence-electron chi connectivity index (χ4n) is 8.97. The van der Waals surface area contributed by atoms with E-state index in [0.717, 1.165) is 12.7 Å². The number of imidazole rings is 2. The lowest BCUT2D eigenvalue weighted by Gasteiger charge is -2.30. The molecule has 2 unspecified atom stereocenters. The molecule has 3 aliphatic heterocycles. The Balaban J connectivity index is 0.901. The fourth-order valence-corrected chi connectivity index (χ4v) is 11.9. The van der Waals surface area contributed by atoms with E-state index in [1.54, 1.807) is 32.9 Å². The normalized spacial score (nSPS) is 26.5. The molecule has 0 aliphatic carbocycles. The van der Waals surface area contributed by atoms with Crippen LogP contribution in [0.5, 0.6) is 0 Å². The Labute approximate surface area is 493 Å². The monoisotopic (exact) mass is 1270 g/mol. The molecule has 38 heteroatoms. The van der Waals surface area contributed by atoms with Crippen LogP contribution in [0.1, 0.15) is 71.9 Å². The second-order valence-corrected chi connectivity index (χ2v) is 25.6. The number of ether oxygens (including phenoxy) is 5. The number of hydrogen-bond acceptors (Lipinski definition) is 25. The number of alkyl halides is 1. The number of amides is 6. The van der Waals surface area contributed by atoms with Crippen molar-refractivity contribution in [2.45, 2.75) is 134 Å². The number of thiol groups is 1. The Morgan fingerprint density at radius 1 is 0.847 bits per heavy atom. The maximum absolute atomic E-state index is 16.5. The molecule has 14 atom stereocenters. The average Bonchev–Trinajstić information content (AvgIpc) is 1.79. The first-order valence-corrected chi connectivity index (χ1v) is 31.6. The first-order valence-electron chi connectivity index (χ1n) is 26.3. The van der Waals surface area contributed by atoms with Gasteiger partial charge >= 0.3 is 31.8 Å². The summed E-state index contributed by atoms with van der Waals surface area (Å²) in [6.45, 7) is -2.63. The molecule has 33 nitrogen and oxygen atoms in total. The van der Waals surface area contributed by atoms with E-state index in [4.69, 9.17) is 70.8 Å². The largest absolute Gasteiger partial charge is 0.509 e. The number of anilines is 3. The minimum Gasteiger partial charge on any atom is -0.445 e. The van der Waals surface area contributed by atoms with Gasteiger partial charge in [0.25, 0.3) is 0 Å². The smallest absolute Gasteiger partial charge is 0.445 e. The summed E-state index contributed by atoms with van der Waals surface area (Å²) in [6, 6.07) is 2.55. The molecule has 4 aromatic heterocycles. The van der Waals surface area contributed by atoms with Crippen LogP contribution in [0.4, 0.5) is 36.1 Å². The van der Waals surface area contributed by atoms with E-state index in [1.165, 1.54) is 47.8 Å². The summed E-state index contributed by atoms with van der Waals surface area (Å²) in [6.07, 6.45) is -11.3. The molecule has 3 aliphatic rings. The average molecular weight is 1270 g/mol. The third kappa shape index (κ3) is 15.9. The number of carbonyl (C=O) groups excluding carboxylic acids is 6. The van der Waals surface area contributed by atoms with Gasteiger partial charge in [-0.05, 0) is 62.1 Å². The van der Waals surface area contributed by atoms with Crippen LogP contribution in [0.15, 0.2) is 49.6 Å². The van der Waals surface area contributed by atoms with Crippen LogP contribution in [-0.2, 0) is 79.1 Å². The van der Waals surface area contributed by atoms with Gasteiger partial charge in [-0.3, -0.25) is 37.1 Å². The number of benzene rings is 1. The molecule has 0 spiro atoms. The summed E-state index contributed by atoms with van der Waals surface area (Å²) < 4.78 is 85.3. The molecular formula is C47H63FN16O17P2S2. The van der Waals surface area contributed by atoms with Crippen molar-refractivity contribution in [3.63, 3.8) is 0 Å². The third-order valence-electron chi connectivity index (χ3n) is 13.5. The van der Waals surface area contributed by atoms with E-state index in [1.807, 2.05) is 0 Å². The summed E-state index contributed by atoms with van der Waals surface area (Å²) in [7, 11) is 0. The second kappa shape index (κ2) is 27.6. The summed E-state index contributed by atoms with van der Waals surface area (Å²) in [5.74, 6) is -1.82. The summed E-state index contributed by atoms with van der Waals surface area (Å²) >= 11 is 9.58. The van der Waals surface area contributed by atoms with E-state index < -0.39 is 130 Å². The number of urea groups is 1. The molecule has 1 aromatic carbocycles. The van der Waals surface area contributed by atoms with Gasteiger partial charge in [0.15, 0.2) is 47.7 Å². The lowest BCUT2D eigenvalue weighted by molar-refractivity contribution is -0.132. The molecule has 6 amide bonds. The zero-order chi connectivity index (χ0) is 61.5. The summed E-state index contributed by atoms with van der Waals surface area (Å²) in [4.78, 5) is 113. The predicted molar refractivity (Wildman–Crippen MR) is 301 cm³/mol. The number of hydrogen-bond donors (Lipinski definition) is 10.